The molecule has 2 nitrogen and oxygen atoms in total. The summed E-state index contributed by atoms with van der Waals surface area (Å²) in [5, 5.41) is 12.5. The van der Waals surface area contributed by atoms with Crippen LogP contribution in [0.25, 0.3) is 0 Å². The van der Waals surface area contributed by atoms with E-state index in [1.807, 2.05) is 0 Å². The van der Waals surface area contributed by atoms with Crippen LogP contribution >= 0.6 is 0 Å². The summed E-state index contributed by atoms with van der Waals surface area (Å²) in [6, 6.07) is 8.83. The molecule has 0 heterocycles. The molecule has 90 valence electrons. The van der Waals surface area contributed by atoms with E-state index in [2.05, 4.69) is 50.4 Å². The molecule has 16 heavy (non-hydrogen) atoms. The van der Waals surface area contributed by atoms with E-state index in [1.165, 1.54) is 11.1 Å². The summed E-state index contributed by atoms with van der Waals surface area (Å²) in [6.45, 7) is 7.49. The summed E-state index contributed by atoms with van der Waals surface area (Å²) in [5.41, 5.74) is 2.64. The van der Waals surface area contributed by atoms with Gasteiger partial charge in [-0.1, -0.05) is 43.7 Å². The topological polar surface area (TPSA) is 32.3 Å². The first-order chi connectivity index (χ1) is 7.63. The van der Waals surface area contributed by atoms with E-state index in [1.54, 1.807) is 0 Å². The number of nitrogens with one attached hydrogen (secondary N) is 1. The summed E-state index contributed by atoms with van der Waals surface area (Å²) in [6.07, 6.45) is 1.02. The molecule has 1 unspecified atom stereocenters. The van der Waals surface area contributed by atoms with Crippen molar-refractivity contribution in [3.05, 3.63) is 35.4 Å². The largest absolute Gasteiger partial charge is 0.395 e. The average Bonchev–Trinajstić information content (AvgIpc) is 2.26. The molecule has 0 amide bonds. The van der Waals surface area contributed by atoms with Crippen LogP contribution in [0.4, 0.5) is 0 Å². The Morgan fingerprint density at radius 2 is 1.81 bits per heavy atom. The predicted octanol–water partition coefficient (Wildman–Crippen LogP) is 2.14. The molecule has 2 heteroatoms. The molecule has 0 saturated carbocycles. The third kappa shape index (κ3) is 4.33. The van der Waals surface area contributed by atoms with E-state index >= 15 is 0 Å². The molecule has 0 aliphatic carbocycles. The molecular weight excluding hydrogens is 198 g/mol. The van der Waals surface area contributed by atoms with Crippen molar-refractivity contribution in [1.29, 1.82) is 0 Å². The lowest BCUT2D eigenvalue weighted by Gasteiger charge is -2.19. The molecule has 1 aromatic carbocycles. The first-order valence-corrected chi connectivity index (χ1v) is 6.03. The van der Waals surface area contributed by atoms with E-state index in [-0.39, 0.29) is 12.6 Å². The number of rotatable bonds is 6. The van der Waals surface area contributed by atoms with Crippen LogP contribution in [0.1, 0.15) is 25.0 Å². The number of aliphatic hydroxyl groups excluding tert-OH is 1. The summed E-state index contributed by atoms with van der Waals surface area (Å²) in [4.78, 5) is 0. The van der Waals surface area contributed by atoms with Crippen LogP contribution in [-0.4, -0.2) is 24.3 Å². The van der Waals surface area contributed by atoms with E-state index in [9.17, 15) is 0 Å². The predicted molar refractivity (Wildman–Crippen MR) is 68.6 cm³/mol. The third-order valence-electron chi connectivity index (χ3n) is 2.94. The van der Waals surface area contributed by atoms with Crippen molar-refractivity contribution in [3.63, 3.8) is 0 Å². The average molecular weight is 221 g/mol. The summed E-state index contributed by atoms with van der Waals surface area (Å²) in [7, 11) is 0. The molecule has 0 aliphatic heterocycles. The second-order valence-corrected chi connectivity index (χ2v) is 4.72. The monoisotopic (exact) mass is 221 g/mol. The van der Waals surface area contributed by atoms with Gasteiger partial charge in [0.2, 0.25) is 0 Å². The van der Waals surface area contributed by atoms with Crippen molar-refractivity contribution in [2.75, 3.05) is 13.2 Å². The molecule has 0 bridgehead atoms. The Bertz CT molecular complexity index is 292. The normalized spacial score (nSPS) is 13.1. The van der Waals surface area contributed by atoms with Crippen molar-refractivity contribution in [2.24, 2.45) is 5.92 Å². The molecule has 2 N–H and O–H groups in total. The molecule has 0 aromatic heterocycles. The second-order valence-electron chi connectivity index (χ2n) is 4.72. The molecule has 0 spiro atoms. The third-order valence-corrected chi connectivity index (χ3v) is 2.94. The molecule has 0 aliphatic rings. The van der Waals surface area contributed by atoms with Gasteiger partial charge in [0.25, 0.3) is 0 Å². The van der Waals surface area contributed by atoms with Crippen molar-refractivity contribution >= 4 is 0 Å². The Balaban J connectivity index is 2.32. The highest BCUT2D eigenvalue weighted by molar-refractivity contribution is 5.21. The van der Waals surface area contributed by atoms with Crippen molar-refractivity contribution in [2.45, 2.75) is 33.2 Å². The Morgan fingerprint density at radius 3 is 2.31 bits per heavy atom. The van der Waals surface area contributed by atoms with E-state index in [0.717, 1.165) is 13.0 Å². The van der Waals surface area contributed by atoms with Crippen LogP contribution in [0.3, 0.4) is 0 Å². The van der Waals surface area contributed by atoms with Crippen LogP contribution in [0.5, 0.6) is 0 Å². The maximum Gasteiger partial charge on any atom is 0.0587 e. The molecule has 1 rings (SSSR count). The zero-order chi connectivity index (χ0) is 12.0. The lowest BCUT2D eigenvalue weighted by molar-refractivity contribution is 0.212. The molecule has 0 fully saturated rings. The van der Waals surface area contributed by atoms with E-state index in [4.69, 9.17) is 5.11 Å². The Kier molecular flexibility index (Phi) is 5.50. The fraction of sp³-hybridized carbons (Fsp3) is 0.571. The molecule has 0 saturated heterocycles. The number of hydrogen-bond donors (Lipinski definition) is 2. The highest BCUT2D eigenvalue weighted by atomic mass is 16.3. The van der Waals surface area contributed by atoms with Crippen molar-refractivity contribution < 1.29 is 5.11 Å². The van der Waals surface area contributed by atoms with Crippen molar-refractivity contribution in [1.82, 2.24) is 5.32 Å². The number of hydrogen-bond acceptors (Lipinski definition) is 2. The van der Waals surface area contributed by atoms with Gasteiger partial charge < -0.3 is 10.4 Å². The van der Waals surface area contributed by atoms with Crippen LogP contribution < -0.4 is 5.32 Å². The Hall–Kier alpha value is -0.860. The standard InChI is InChI=1S/C14H23NO/c1-11(2)14(10-16)15-9-8-13-6-4-12(3)5-7-13/h4-7,11,14-16H,8-10H2,1-3H3. The first-order valence-electron chi connectivity index (χ1n) is 6.03. The highest BCUT2D eigenvalue weighted by Crippen LogP contribution is 2.04. The van der Waals surface area contributed by atoms with Gasteiger partial charge in [-0.05, 0) is 31.4 Å². The van der Waals surface area contributed by atoms with Crippen LogP contribution in [-0.2, 0) is 6.42 Å². The zero-order valence-corrected chi connectivity index (χ0v) is 10.5. The van der Waals surface area contributed by atoms with Crippen LogP contribution in [0.15, 0.2) is 24.3 Å². The minimum atomic E-state index is 0.213. The van der Waals surface area contributed by atoms with Crippen molar-refractivity contribution in [3.8, 4) is 0 Å². The van der Waals surface area contributed by atoms with Gasteiger partial charge in [-0.3, -0.25) is 0 Å². The molecule has 1 atom stereocenters. The van der Waals surface area contributed by atoms with E-state index < -0.39 is 0 Å². The first kappa shape index (κ1) is 13.2. The van der Waals surface area contributed by atoms with Crippen LogP contribution in [0.2, 0.25) is 0 Å². The van der Waals surface area contributed by atoms with Gasteiger partial charge in [0.1, 0.15) is 0 Å². The summed E-state index contributed by atoms with van der Waals surface area (Å²) < 4.78 is 0. The van der Waals surface area contributed by atoms with Gasteiger partial charge in [0.05, 0.1) is 6.61 Å². The number of aliphatic hydroxyl groups is 1. The van der Waals surface area contributed by atoms with Gasteiger partial charge in [0, 0.05) is 6.04 Å². The SMILES string of the molecule is Cc1ccc(CCNC(CO)C(C)C)cc1. The Morgan fingerprint density at radius 1 is 1.19 bits per heavy atom. The minimum Gasteiger partial charge on any atom is -0.395 e. The zero-order valence-electron chi connectivity index (χ0n) is 10.5. The second kappa shape index (κ2) is 6.66. The van der Waals surface area contributed by atoms with Gasteiger partial charge in [0.15, 0.2) is 0 Å². The number of aryl methyl sites for hydroxylation is 1. The van der Waals surface area contributed by atoms with Gasteiger partial charge in [-0.15, -0.1) is 0 Å². The molecular formula is C14H23NO. The van der Waals surface area contributed by atoms with E-state index in [0.29, 0.717) is 5.92 Å². The lowest BCUT2D eigenvalue weighted by atomic mass is 10.0. The highest BCUT2D eigenvalue weighted by Gasteiger charge is 2.10. The fourth-order valence-electron chi connectivity index (χ4n) is 1.67. The fourth-order valence-corrected chi connectivity index (χ4v) is 1.67. The van der Waals surface area contributed by atoms with Crippen LogP contribution in [0, 0.1) is 12.8 Å². The van der Waals surface area contributed by atoms with Gasteiger partial charge in [-0.2, -0.15) is 0 Å². The maximum absolute atomic E-state index is 9.17. The maximum atomic E-state index is 9.17. The number of benzene rings is 1. The minimum absolute atomic E-state index is 0.213. The Labute approximate surface area is 98.7 Å². The molecule has 0 radical (unpaired) electrons. The molecule has 1 aromatic rings. The summed E-state index contributed by atoms with van der Waals surface area (Å²) >= 11 is 0. The quantitative estimate of drug-likeness (QED) is 0.771. The smallest absolute Gasteiger partial charge is 0.0587 e. The van der Waals surface area contributed by atoms with Gasteiger partial charge >= 0.3 is 0 Å². The van der Waals surface area contributed by atoms with Gasteiger partial charge in [-0.25, -0.2) is 0 Å². The summed E-state index contributed by atoms with van der Waals surface area (Å²) in [5.74, 6) is 0.475. The lowest BCUT2D eigenvalue weighted by Crippen LogP contribution is -2.38.